The summed E-state index contributed by atoms with van der Waals surface area (Å²) in [4.78, 5) is 6.70. The van der Waals surface area contributed by atoms with Gasteiger partial charge in [-0.3, -0.25) is 4.90 Å². The molecule has 0 aromatic carbocycles. The second-order valence-corrected chi connectivity index (χ2v) is 5.44. The van der Waals surface area contributed by atoms with Crippen LogP contribution in [0.25, 0.3) is 0 Å². The van der Waals surface area contributed by atoms with Crippen LogP contribution in [-0.4, -0.2) is 28.5 Å². The van der Waals surface area contributed by atoms with Gasteiger partial charge in [0.05, 0.1) is 6.04 Å². The molecule has 0 radical (unpaired) electrons. The SMILES string of the molecule is CCN(CC)C1(C(N)c2cccnc2N)CCCC1. The lowest BCUT2D eigenvalue weighted by Gasteiger charge is -2.45. The molecule has 4 nitrogen and oxygen atoms in total. The number of rotatable bonds is 5. The zero-order valence-corrected chi connectivity index (χ0v) is 12.1. The minimum absolute atomic E-state index is 0.0522. The van der Waals surface area contributed by atoms with E-state index in [1.165, 1.54) is 12.8 Å². The van der Waals surface area contributed by atoms with Gasteiger partial charge in [0.1, 0.15) is 5.82 Å². The third-order valence-electron chi connectivity index (χ3n) is 4.65. The maximum atomic E-state index is 6.63. The Kier molecular flexibility index (Phi) is 4.42. The monoisotopic (exact) mass is 262 g/mol. The van der Waals surface area contributed by atoms with E-state index in [-0.39, 0.29) is 11.6 Å². The predicted octanol–water partition coefficient (Wildman–Crippen LogP) is 2.32. The number of hydrogen-bond donors (Lipinski definition) is 2. The van der Waals surface area contributed by atoms with Crippen molar-refractivity contribution in [3.05, 3.63) is 23.9 Å². The number of nitrogens with two attached hydrogens (primary N) is 2. The van der Waals surface area contributed by atoms with Gasteiger partial charge in [-0.15, -0.1) is 0 Å². The Balaban J connectivity index is 2.37. The molecule has 0 aliphatic heterocycles. The fourth-order valence-corrected chi connectivity index (χ4v) is 3.65. The van der Waals surface area contributed by atoms with Crippen molar-refractivity contribution in [1.29, 1.82) is 0 Å². The number of nitrogen functional groups attached to an aromatic ring is 1. The van der Waals surface area contributed by atoms with E-state index >= 15 is 0 Å². The molecule has 1 saturated carbocycles. The normalized spacial score (nSPS) is 19.8. The minimum atomic E-state index is -0.0522. The predicted molar refractivity (Wildman–Crippen MR) is 79.7 cm³/mol. The van der Waals surface area contributed by atoms with Gasteiger partial charge >= 0.3 is 0 Å². The molecule has 2 rings (SSSR count). The van der Waals surface area contributed by atoms with Gasteiger partial charge in [-0.2, -0.15) is 0 Å². The van der Waals surface area contributed by atoms with Crippen molar-refractivity contribution in [3.63, 3.8) is 0 Å². The van der Waals surface area contributed by atoms with Crippen LogP contribution >= 0.6 is 0 Å². The van der Waals surface area contributed by atoms with Crippen LogP contribution < -0.4 is 11.5 Å². The maximum Gasteiger partial charge on any atom is 0.128 e. The highest BCUT2D eigenvalue weighted by atomic mass is 15.2. The maximum absolute atomic E-state index is 6.63. The van der Waals surface area contributed by atoms with Crippen LogP contribution in [0, 0.1) is 0 Å². The molecule has 1 heterocycles. The zero-order chi connectivity index (χ0) is 13.9. The third kappa shape index (κ3) is 2.47. The molecule has 1 aliphatic carbocycles. The summed E-state index contributed by atoms with van der Waals surface area (Å²) in [6.07, 6.45) is 6.55. The number of likely N-dealkylation sites (N-methyl/N-ethyl adjacent to an activating group) is 1. The Morgan fingerprint density at radius 2 is 1.95 bits per heavy atom. The van der Waals surface area contributed by atoms with Crippen molar-refractivity contribution in [2.45, 2.75) is 51.1 Å². The van der Waals surface area contributed by atoms with E-state index in [9.17, 15) is 0 Å². The lowest BCUT2D eigenvalue weighted by atomic mass is 9.82. The molecule has 106 valence electrons. The highest BCUT2D eigenvalue weighted by Gasteiger charge is 2.44. The molecule has 4 heteroatoms. The minimum Gasteiger partial charge on any atom is -0.383 e. The van der Waals surface area contributed by atoms with Gasteiger partial charge in [0.15, 0.2) is 0 Å². The van der Waals surface area contributed by atoms with Crippen molar-refractivity contribution in [1.82, 2.24) is 9.88 Å². The standard InChI is InChI=1S/C15H26N4/c1-3-19(4-2)15(9-5-6-10-15)13(16)12-8-7-11-18-14(12)17/h7-8,11,13H,3-6,9-10,16H2,1-2H3,(H2,17,18). The first kappa shape index (κ1) is 14.3. The van der Waals surface area contributed by atoms with E-state index in [0.29, 0.717) is 5.82 Å². The second-order valence-electron chi connectivity index (χ2n) is 5.44. The van der Waals surface area contributed by atoms with Crippen molar-refractivity contribution in [2.75, 3.05) is 18.8 Å². The zero-order valence-electron chi connectivity index (χ0n) is 12.1. The van der Waals surface area contributed by atoms with E-state index in [2.05, 4.69) is 23.7 Å². The van der Waals surface area contributed by atoms with Crippen LogP contribution in [0.3, 0.4) is 0 Å². The highest BCUT2D eigenvalue weighted by Crippen LogP contribution is 2.44. The summed E-state index contributed by atoms with van der Waals surface area (Å²) in [5.74, 6) is 0.577. The molecular weight excluding hydrogens is 236 g/mol. The van der Waals surface area contributed by atoms with Crippen molar-refractivity contribution < 1.29 is 0 Å². The van der Waals surface area contributed by atoms with E-state index in [4.69, 9.17) is 11.5 Å². The van der Waals surface area contributed by atoms with E-state index in [1.807, 2.05) is 12.1 Å². The lowest BCUT2D eigenvalue weighted by Crippen LogP contribution is -2.53. The Hall–Kier alpha value is -1.13. The summed E-state index contributed by atoms with van der Waals surface area (Å²) in [6, 6.07) is 3.90. The quantitative estimate of drug-likeness (QED) is 0.854. The molecule has 1 atom stereocenters. The molecule has 1 unspecified atom stereocenters. The highest BCUT2D eigenvalue weighted by molar-refractivity contribution is 5.42. The van der Waals surface area contributed by atoms with Crippen LogP contribution in [0.1, 0.15) is 51.1 Å². The third-order valence-corrected chi connectivity index (χ3v) is 4.65. The average molecular weight is 262 g/mol. The van der Waals surface area contributed by atoms with E-state index in [1.54, 1.807) is 6.20 Å². The molecule has 1 aromatic heterocycles. The Morgan fingerprint density at radius 3 is 2.47 bits per heavy atom. The van der Waals surface area contributed by atoms with Crippen LogP contribution in [0.2, 0.25) is 0 Å². The van der Waals surface area contributed by atoms with Gasteiger partial charge in [-0.25, -0.2) is 4.98 Å². The summed E-state index contributed by atoms with van der Waals surface area (Å²) in [5, 5.41) is 0. The smallest absolute Gasteiger partial charge is 0.128 e. The van der Waals surface area contributed by atoms with Crippen LogP contribution in [-0.2, 0) is 0 Å². The molecule has 4 N–H and O–H groups in total. The number of anilines is 1. The summed E-state index contributed by atoms with van der Waals surface area (Å²) >= 11 is 0. The largest absolute Gasteiger partial charge is 0.383 e. The average Bonchev–Trinajstić information content (AvgIpc) is 2.90. The van der Waals surface area contributed by atoms with Gasteiger partial charge in [0, 0.05) is 17.3 Å². The number of pyridine rings is 1. The van der Waals surface area contributed by atoms with Crippen molar-refractivity contribution in [2.24, 2.45) is 5.73 Å². The van der Waals surface area contributed by atoms with Gasteiger partial charge < -0.3 is 11.5 Å². The second kappa shape index (κ2) is 5.88. The fourth-order valence-electron chi connectivity index (χ4n) is 3.65. The molecule has 1 aliphatic rings. The Bertz CT molecular complexity index is 408. The van der Waals surface area contributed by atoms with Gasteiger partial charge in [-0.1, -0.05) is 32.8 Å². The van der Waals surface area contributed by atoms with Crippen molar-refractivity contribution >= 4 is 5.82 Å². The lowest BCUT2D eigenvalue weighted by molar-refractivity contribution is 0.0771. The first-order valence-electron chi connectivity index (χ1n) is 7.36. The number of aromatic nitrogens is 1. The summed E-state index contributed by atoms with van der Waals surface area (Å²) in [5.41, 5.74) is 13.7. The fraction of sp³-hybridized carbons (Fsp3) is 0.667. The van der Waals surface area contributed by atoms with Crippen LogP contribution in [0.4, 0.5) is 5.82 Å². The molecule has 0 bridgehead atoms. The first-order valence-corrected chi connectivity index (χ1v) is 7.36. The molecule has 1 aromatic rings. The Labute approximate surface area is 116 Å². The summed E-state index contributed by atoms with van der Waals surface area (Å²) < 4.78 is 0. The van der Waals surface area contributed by atoms with E-state index in [0.717, 1.165) is 31.5 Å². The molecular formula is C15H26N4. The summed E-state index contributed by atoms with van der Waals surface area (Å²) in [7, 11) is 0. The van der Waals surface area contributed by atoms with E-state index < -0.39 is 0 Å². The molecule has 1 fully saturated rings. The van der Waals surface area contributed by atoms with Crippen LogP contribution in [0.15, 0.2) is 18.3 Å². The van der Waals surface area contributed by atoms with Gasteiger partial charge in [0.2, 0.25) is 0 Å². The number of nitrogens with zero attached hydrogens (tertiary/aromatic N) is 2. The van der Waals surface area contributed by atoms with Gasteiger partial charge in [0.25, 0.3) is 0 Å². The molecule has 0 saturated heterocycles. The molecule has 0 spiro atoms. The van der Waals surface area contributed by atoms with Crippen LogP contribution in [0.5, 0.6) is 0 Å². The first-order chi connectivity index (χ1) is 9.15. The Morgan fingerprint density at radius 1 is 1.32 bits per heavy atom. The van der Waals surface area contributed by atoms with Crippen molar-refractivity contribution in [3.8, 4) is 0 Å². The topological polar surface area (TPSA) is 68.2 Å². The summed E-state index contributed by atoms with van der Waals surface area (Å²) in [6.45, 7) is 6.49. The molecule has 19 heavy (non-hydrogen) atoms. The van der Waals surface area contributed by atoms with Gasteiger partial charge in [-0.05, 0) is 32.0 Å². The molecule has 0 amide bonds. The number of hydrogen-bond acceptors (Lipinski definition) is 4.